The van der Waals surface area contributed by atoms with Crippen molar-refractivity contribution in [2.24, 2.45) is 0 Å². The van der Waals surface area contributed by atoms with Crippen LogP contribution >= 0.6 is 0 Å². The number of likely N-dealkylation sites (N-methyl/N-ethyl adjacent to an activating group) is 1. The Morgan fingerprint density at radius 2 is 1.50 bits per heavy atom. The third kappa shape index (κ3) is 8.02. The molecule has 2 amide bonds. The average molecular weight is 618 g/mol. The molecule has 8 nitrogen and oxygen atoms in total. The largest absolute Gasteiger partial charge is 0.494 e. The summed E-state index contributed by atoms with van der Waals surface area (Å²) in [6.45, 7) is 3.61. The van der Waals surface area contributed by atoms with E-state index in [1.807, 2.05) is 68.4 Å². The van der Waals surface area contributed by atoms with E-state index >= 15 is 0 Å². The highest BCUT2D eigenvalue weighted by Crippen LogP contribution is 2.27. The summed E-state index contributed by atoms with van der Waals surface area (Å²) in [7, 11) is -2.81. The average Bonchev–Trinajstić information content (AvgIpc) is 3.03. The van der Waals surface area contributed by atoms with Gasteiger partial charge in [-0.3, -0.25) is 13.9 Å². The standard InChI is InChI=1S/C34H36FN3O5S/c1-4-43-30-18-20-31(21-19-30)44(41,42)38(29-16-14-28(35)15-17-29)24-33(39)37(23-27-12-10-25(2)11-13-27)32(34(40)36-3)22-26-8-6-5-7-9-26/h5-21,32H,4,22-24H2,1-3H3,(H,36,40)/t32-/m0/s1. The number of rotatable bonds is 13. The Bertz CT molecular complexity index is 1650. The van der Waals surface area contributed by atoms with Gasteiger partial charge < -0.3 is 15.0 Å². The second kappa shape index (κ2) is 14.7. The SMILES string of the molecule is CCOc1ccc(S(=O)(=O)N(CC(=O)N(Cc2ccc(C)cc2)[C@@H](Cc2ccccc2)C(=O)NC)c2ccc(F)cc2)cc1. The number of carbonyl (C=O) groups excluding carboxylic acids is 2. The molecule has 0 saturated heterocycles. The lowest BCUT2D eigenvalue weighted by Crippen LogP contribution is -2.53. The molecule has 0 aliphatic heterocycles. The first-order valence-corrected chi connectivity index (χ1v) is 15.7. The van der Waals surface area contributed by atoms with E-state index in [1.54, 1.807) is 0 Å². The number of sulfonamides is 1. The Hall–Kier alpha value is -4.70. The molecule has 10 heteroatoms. The van der Waals surface area contributed by atoms with Gasteiger partial charge in [-0.15, -0.1) is 0 Å². The topological polar surface area (TPSA) is 96.0 Å². The molecule has 0 aliphatic rings. The minimum Gasteiger partial charge on any atom is -0.494 e. The van der Waals surface area contributed by atoms with Crippen LogP contribution < -0.4 is 14.4 Å². The summed E-state index contributed by atoms with van der Waals surface area (Å²) in [6.07, 6.45) is 0.209. The summed E-state index contributed by atoms with van der Waals surface area (Å²) >= 11 is 0. The van der Waals surface area contributed by atoms with Crippen LogP contribution in [0.15, 0.2) is 108 Å². The van der Waals surface area contributed by atoms with E-state index in [1.165, 1.54) is 48.3 Å². The third-order valence-corrected chi connectivity index (χ3v) is 8.90. The molecule has 0 bridgehead atoms. The molecule has 0 aromatic heterocycles. The monoisotopic (exact) mass is 617 g/mol. The Balaban J connectivity index is 1.76. The van der Waals surface area contributed by atoms with Crippen molar-refractivity contribution in [3.63, 3.8) is 0 Å². The molecular formula is C34H36FN3O5S. The fourth-order valence-electron chi connectivity index (χ4n) is 4.75. The van der Waals surface area contributed by atoms with Gasteiger partial charge in [0.25, 0.3) is 10.0 Å². The lowest BCUT2D eigenvalue weighted by molar-refractivity contribution is -0.139. The maximum absolute atomic E-state index is 14.3. The Morgan fingerprint density at radius 1 is 0.864 bits per heavy atom. The molecule has 4 aromatic carbocycles. The number of nitrogens with one attached hydrogen (secondary N) is 1. The Labute approximate surface area is 258 Å². The van der Waals surface area contributed by atoms with Crippen LogP contribution in [0.25, 0.3) is 0 Å². The first kappa shape index (κ1) is 32.2. The number of aryl methyl sites for hydroxylation is 1. The van der Waals surface area contributed by atoms with Crippen molar-refractivity contribution in [1.29, 1.82) is 0 Å². The van der Waals surface area contributed by atoms with E-state index < -0.39 is 40.2 Å². The molecule has 0 fully saturated rings. The minimum absolute atomic E-state index is 0.0599. The fraction of sp³-hybridized carbons (Fsp3) is 0.235. The van der Waals surface area contributed by atoms with E-state index in [4.69, 9.17) is 4.74 Å². The number of ether oxygens (including phenoxy) is 1. The summed E-state index contributed by atoms with van der Waals surface area (Å²) in [5.74, 6) is -1.05. The van der Waals surface area contributed by atoms with E-state index in [9.17, 15) is 22.4 Å². The summed E-state index contributed by atoms with van der Waals surface area (Å²) in [5.41, 5.74) is 2.74. The van der Waals surface area contributed by atoms with E-state index in [0.29, 0.717) is 12.4 Å². The second-order valence-corrected chi connectivity index (χ2v) is 12.1. The highest BCUT2D eigenvalue weighted by atomic mass is 32.2. The molecule has 0 saturated carbocycles. The molecule has 0 heterocycles. The minimum atomic E-state index is -4.31. The molecule has 0 aliphatic carbocycles. The van der Waals surface area contributed by atoms with Gasteiger partial charge >= 0.3 is 0 Å². The first-order chi connectivity index (χ1) is 21.1. The van der Waals surface area contributed by atoms with Gasteiger partial charge in [0.2, 0.25) is 11.8 Å². The van der Waals surface area contributed by atoms with Crippen molar-refractivity contribution < 1.29 is 27.1 Å². The number of halogens is 1. The van der Waals surface area contributed by atoms with Crippen molar-refractivity contribution in [3.8, 4) is 5.75 Å². The molecule has 1 N–H and O–H groups in total. The predicted octanol–water partition coefficient (Wildman–Crippen LogP) is 5.11. The van der Waals surface area contributed by atoms with Gasteiger partial charge in [-0.2, -0.15) is 0 Å². The molecule has 0 radical (unpaired) electrons. The summed E-state index contributed by atoms with van der Waals surface area (Å²) in [4.78, 5) is 28.9. The third-order valence-electron chi connectivity index (χ3n) is 7.11. The molecule has 44 heavy (non-hydrogen) atoms. The maximum Gasteiger partial charge on any atom is 0.264 e. The van der Waals surface area contributed by atoms with Crippen LogP contribution in [0.1, 0.15) is 23.6 Å². The lowest BCUT2D eigenvalue weighted by atomic mass is 10.0. The van der Waals surface area contributed by atoms with Crippen molar-refractivity contribution in [2.45, 2.75) is 37.8 Å². The smallest absolute Gasteiger partial charge is 0.264 e. The summed E-state index contributed by atoms with van der Waals surface area (Å²) < 4.78 is 48.3. The van der Waals surface area contributed by atoms with Gasteiger partial charge in [-0.25, -0.2) is 12.8 Å². The van der Waals surface area contributed by atoms with E-state index in [-0.39, 0.29) is 23.5 Å². The van der Waals surface area contributed by atoms with Gasteiger partial charge in [-0.05, 0) is 73.5 Å². The number of hydrogen-bond donors (Lipinski definition) is 1. The van der Waals surface area contributed by atoms with E-state index in [2.05, 4.69) is 5.32 Å². The number of nitrogens with zero attached hydrogens (tertiary/aromatic N) is 2. The van der Waals surface area contributed by atoms with Gasteiger partial charge in [0.15, 0.2) is 0 Å². The van der Waals surface area contributed by atoms with Crippen LogP contribution in [0.4, 0.5) is 10.1 Å². The highest BCUT2D eigenvalue weighted by molar-refractivity contribution is 7.92. The zero-order valence-electron chi connectivity index (χ0n) is 24.9. The van der Waals surface area contributed by atoms with Crippen molar-refractivity contribution in [3.05, 3.63) is 126 Å². The maximum atomic E-state index is 14.3. The quantitative estimate of drug-likeness (QED) is 0.225. The Morgan fingerprint density at radius 3 is 2.09 bits per heavy atom. The lowest BCUT2D eigenvalue weighted by Gasteiger charge is -2.33. The zero-order valence-corrected chi connectivity index (χ0v) is 25.8. The van der Waals surface area contributed by atoms with Gasteiger partial charge in [0, 0.05) is 20.0 Å². The molecule has 230 valence electrons. The number of benzene rings is 4. The molecule has 4 rings (SSSR count). The molecular weight excluding hydrogens is 581 g/mol. The normalized spacial score (nSPS) is 11.8. The van der Waals surface area contributed by atoms with Crippen molar-refractivity contribution in [2.75, 3.05) is 24.5 Å². The van der Waals surface area contributed by atoms with Gasteiger partial charge in [-0.1, -0.05) is 60.2 Å². The predicted molar refractivity (Wildman–Crippen MR) is 168 cm³/mol. The van der Waals surface area contributed by atoms with Crippen LogP contribution in [0.3, 0.4) is 0 Å². The van der Waals surface area contributed by atoms with E-state index in [0.717, 1.165) is 33.1 Å². The number of carbonyl (C=O) groups is 2. The summed E-state index contributed by atoms with van der Waals surface area (Å²) in [6, 6.07) is 26.6. The molecule has 1 atom stereocenters. The number of anilines is 1. The van der Waals surface area contributed by atoms with Gasteiger partial charge in [0.1, 0.15) is 24.2 Å². The first-order valence-electron chi connectivity index (χ1n) is 14.2. The van der Waals surface area contributed by atoms with Crippen molar-refractivity contribution >= 4 is 27.5 Å². The molecule has 0 spiro atoms. The van der Waals surface area contributed by atoms with Crippen LogP contribution in [-0.4, -0.2) is 51.4 Å². The summed E-state index contributed by atoms with van der Waals surface area (Å²) in [5, 5.41) is 2.66. The number of hydrogen-bond acceptors (Lipinski definition) is 5. The van der Waals surface area contributed by atoms with Crippen LogP contribution in [0.5, 0.6) is 5.75 Å². The molecule has 0 unspecified atom stereocenters. The second-order valence-electron chi connectivity index (χ2n) is 10.2. The number of amides is 2. The Kier molecular flexibility index (Phi) is 10.7. The zero-order chi connectivity index (χ0) is 31.7. The van der Waals surface area contributed by atoms with Crippen LogP contribution in [0.2, 0.25) is 0 Å². The van der Waals surface area contributed by atoms with Crippen molar-refractivity contribution in [1.82, 2.24) is 10.2 Å². The van der Waals surface area contributed by atoms with Crippen LogP contribution in [-0.2, 0) is 32.6 Å². The molecule has 4 aromatic rings. The van der Waals surface area contributed by atoms with Gasteiger partial charge in [0.05, 0.1) is 17.2 Å². The highest BCUT2D eigenvalue weighted by Gasteiger charge is 2.34. The fourth-order valence-corrected chi connectivity index (χ4v) is 6.16. The van der Waals surface area contributed by atoms with Crippen LogP contribution in [0, 0.1) is 12.7 Å².